The lowest BCUT2D eigenvalue weighted by Crippen LogP contribution is -2.13. The molecule has 0 saturated carbocycles. The fourth-order valence-electron chi connectivity index (χ4n) is 1.45. The highest BCUT2D eigenvalue weighted by Gasteiger charge is 2.08. The first-order valence-corrected chi connectivity index (χ1v) is 6.14. The maximum atomic E-state index is 7.33. The second-order valence-electron chi connectivity index (χ2n) is 3.78. The zero-order valence-corrected chi connectivity index (χ0v) is 11.2. The largest absolute Gasteiger partial charge is 0.490 e. The van der Waals surface area contributed by atoms with Gasteiger partial charge in [-0.1, -0.05) is 13.3 Å². The van der Waals surface area contributed by atoms with Crippen LogP contribution in [-0.2, 0) is 0 Å². The van der Waals surface area contributed by atoms with Gasteiger partial charge in [-0.15, -0.1) is 0 Å². The fourth-order valence-corrected chi connectivity index (χ4v) is 1.92. The fraction of sp³-hybridized carbons (Fsp3) is 0.417. The van der Waals surface area contributed by atoms with Crippen LogP contribution in [0.5, 0.6) is 5.75 Å². The summed E-state index contributed by atoms with van der Waals surface area (Å²) in [5.74, 6) is 0.861. The van der Waals surface area contributed by atoms with Crippen molar-refractivity contribution in [2.75, 3.05) is 0 Å². The summed E-state index contributed by atoms with van der Waals surface area (Å²) >= 11 is 3.42. The summed E-state index contributed by atoms with van der Waals surface area (Å²) in [7, 11) is 0. The van der Waals surface area contributed by atoms with Crippen molar-refractivity contribution in [2.45, 2.75) is 32.8 Å². The highest BCUT2D eigenvalue weighted by Crippen LogP contribution is 2.27. The molecule has 1 aromatic carbocycles. The zero-order valence-electron chi connectivity index (χ0n) is 9.59. The van der Waals surface area contributed by atoms with Gasteiger partial charge < -0.3 is 10.5 Å². The van der Waals surface area contributed by atoms with E-state index in [1.54, 1.807) is 12.1 Å². The van der Waals surface area contributed by atoms with Crippen molar-refractivity contribution >= 4 is 21.8 Å². The van der Waals surface area contributed by atoms with Crippen LogP contribution in [0.4, 0.5) is 0 Å². The Labute approximate surface area is 105 Å². The number of amidine groups is 1. The topological polar surface area (TPSA) is 59.1 Å². The number of nitrogen functional groups attached to an aromatic ring is 1. The Morgan fingerprint density at radius 1 is 1.56 bits per heavy atom. The van der Waals surface area contributed by atoms with Crippen LogP contribution in [0.3, 0.4) is 0 Å². The second-order valence-corrected chi connectivity index (χ2v) is 4.63. The molecule has 0 saturated heterocycles. The lowest BCUT2D eigenvalue weighted by molar-refractivity contribution is 0.208. The molecule has 1 unspecified atom stereocenters. The van der Waals surface area contributed by atoms with Gasteiger partial charge in [-0.25, -0.2) is 0 Å². The van der Waals surface area contributed by atoms with Gasteiger partial charge in [-0.3, -0.25) is 5.41 Å². The SMILES string of the molecule is CCCC(C)Oc1ccc(C(=N)N)cc1Br. The van der Waals surface area contributed by atoms with Crippen molar-refractivity contribution in [1.82, 2.24) is 0 Å². The predicted molar refractivity (Wildman–Crippen MR) is 70.2 cm³/mol. The molecule has 0 bridgehead atoms. The Balaban J connectivity index is 2.79. The van der Waals surface area contributed by atoms with E-state index in [1.165, 1.54) is 0 Å². The van der Waals surface area contributed by atoms with E-state index in [1.807, 2.05) is 6.07 Å². The molecule has 0 aliphatic heterocycles. The molecule has 0 amide bonds. The quantitative estimate of drug-likeness (QED) is 0.644. The molecule has 3 nitrogen and oxygen atoms in total. The molecule has 3 N–H and O–H groups in total. The number of rotatable bonds is 5. The Morgan fingerprint density at radius 3 is 2.75 bits per heavy atom. The highest BCUT2D eigenvalue weighted by molar-refractivity contribution is 9.10. The molecule has 1 rings (SSSR count). The van der Waals surface area contributed by atoms with Crippen molar-refractivity contribution in [1.29, 1.82) is 5.41 Å². The van der Waals surface area contributed by atoms with E-state index in [2.05, 4.69) is 29.8 Å². The number of nitrogens with one attached hydrogen (secondary N) is 1. The first-order chi connectivity index (χ1) is 7.54. The van der Waals surface area contributed by atoms with Gasteiger partial charge in [0.2, 0.25) is 0 Å². The number of hydrogen-bond acceptors (Lipinski definition) is 2. The molecule has 4 heteroatoms. The third-order valence-corrected chi connectivity index (χ3v) is 2.89. The lowest BCUT2D eigenvalue weighted by atomic mass is 10.2. The van der Waals surface area contributed by atoms with Crippen molar-refractivity contribution in [2.24, 2.45) is 5.73 Å². The zero-order chi connectivity index (χ0) is 12.1. The number of nitrogens with two attached hydrogens (primary N) is 1. The molecule has 16 heavy (non-hydrogen) atoms. The van der Waals surface area contributed by atoms with Crippen LogP contribution in [0.1, 0.15) is 32.3 Å². The van der Waals surface area contributed by atoms with Gasteiger partial charge in [0.05, 0.1) is 10.6 Å². The summed E-state index contributed by atoms with van der Waals surface area (Å²) < 4.78 is 6.60. The number of hydrogen-bond donors (Lipinski definition) is 2. The van der Waals surface area contributed by atoms with Crippen LogP contribution >= 0.6 is 15.9 Å². The maximum Gasteiger partial charge on any atom is 0.133 e. The van der Waals surface area contributed by atoms with Crippen molar-refractivity contribution in [3.8, 4) is 5.75 Å². The van der Waals surface area contributed by atoms with Crippen LogP contribution in [-0.4, -0.2) is 11.9 Å². The van der Waals surface area contributed by atoms with Crippen molar-refractivity contribution in [3.63, 3.8) is 0 Å². The van der Waals surface area contributed by atoms with E-state index in [4.69, 9.17) is 15.9 Å². The molecule has 1 atom stereocenters. The average Bonchev–Trinajstić information content (AvgIpc) is 2.21. The normalized spacial score (nSPS) is 12.2. The lowest BCUT2D eigenvalue weighted by Gasteiger charge is -2.15. The van der Waals surface area contributed by atoms with E-state index >= 15 is 0 Å². The molecule has 0 fully saturated rings. The third-order valence-electron chi connectivity index (χ3n) is 2.27. The van der Waals surface area contributed by atoms with E-state index in [-0.39, 0.29) is 11.9 Å². The smallest absolute Gasteiger partial charge is 0.133 e. The first-order valence-electron chi connectivity index (χ1n) is 5.35. The first kappa shape index (κ1) is 13.0. The van der Waals surface area contributed by atoms with Crippen LogP contribution < -0.4 is 10.5 Å². The summed E-state index contributed by atoms with van der Waals surface area (Å²) in [6, 6.07) is 5.43. The van der Waals surface area contributed by atoms with E-state index in [0.29, 0.717) is 5.56 Å². The number of ether oxygens (including phenoxy) is 1. The Morgan fingerprint density at radius 2 is 2.25 bits per heavy atom. The van der Waals surface area contributed by atoms with Crippen LogP contribution in [0, 0.1) is 5.41 Å². The average molecular weight is 285 g/mol. The van der Waals surface area contributed by atoms with Gasteiger partial charge >= 0.3 is 0 Å². The van der Waals surface area contributed by atoms with Gasteiger partial charge in [-0.05, 0) is 47.5 Å². The standard InChI is InChI=1S/C12H17BrN2O/c1-3-4-8(2)16-11-6-5-9(12(14)15)7-10(11)13/h5-8H,3-4H2,1-2H3,(H3,14,15). The summed E-state index contributed by atoms with van der Waals surface area (Å²) in [5, 5.41) is 7.33. The number of halogens is 1. The van der Waals surface area contributed by atoms with Crippen LogP contribution in [0.15, 0.2) is 22.7 Å². The minimum absolute atomic E-state index is 0.0638. The van der Waals surface area contributed by atoms with Crippen LogP contribution in [0.2, 0.25) is 0 Å². The second kappa shape index (κ2) is 5.89. The predicted octanol–water partition coefficient (Wildman–Crippen LogP) is 3.30. The van der Waals surface area contributed by atoms with Gasteiger partial charge in [0, 0.05) is 5.56 Å². The molecule has 88 valence electrons. The monoisotopic (exact) mass is 284 g/mol. The molecular formula is C12H17BrN2O. The summed E-state index contributed by atoms with van der Waals surface area (Å²) in [4.78, 5) is 0. The molecule has 1 aromatic rings. The van der Waals surface area contributed by atoms with E-state index in [0.717, 1.165) is 23.1 Å². The van der Waals surface area contributed by atoms with Crippen LogP contribution in [0.25, 0.3) is 0 Å². The van der Waals surface area contributed by atoms with Crippen molar-refractivity contribution < 1.29 is 4.74 Å². The molecule has 0 heterocycles. The molecule has 0 aliphatic rings. The third kappa shape index (κ3) is 3.52. The van der Waals surface area contributed by atoms with Gasteiger partial charge in [0.15, 0.2) is 0 Å². The summed E-state index contributed by atoms with van der Waals surface area (Å²) in [6.45, 7) is 4.18. The van der Waals surface area contributed by atoms with E-state index < -0.39 is 0 Å². The summed E-state index contributed by atoms with van der Waals surface area (Å²) in [6.07, 6.45) is 2.33. The Kier molecular flexibility index (Phi) is 4.80. The molecule has 0 aliphatic carbocycles. The molecule has 0 aromatic heterocycles. The highest BCUT2D eigenvalue weighted by atomic mass is 79.9. The van der Waals surface area contributed by atoms with Gasteiger partial charge in [-0.2, -0.15) is 0 Å². The van der Waals surface area contributed by atoms with E-state index in [9.17, 15) is 0 Å². The summed E-state index contributed by atoms with van der Waals surface area (Å²) in [5.41, 5.74) is 6.10. The Hall–Kier alpha value is -1.03. The Bertz CT molecular complexity index is 379. The number of benzene rings is 1. The van der Waals surface area contributed by atoms with Gasteiger partial charge in [0.25, 0.3) is 0 Å². The van der Waals surface area contributed by atoms with Gasteiger partial charge in [0.1, 0.15) is 11.6 Å². The molecular weight excluding hydrogens is 268 g/mol. The maximum absolute atomic E-state index is 7.33. The van der Waals surface area contributed by atoms with Crippen molar-refractivity contribution in [3.05, 3.63) is 28.2 Å². The minimum Gasteiger partial charge on any atom is -0.490 e. The molecule has 0 radical (unpaired) electrons. The molecule has 0 spiro atoms. The minimum atomic E-state index is 0.0638.